The van der Waals surface area contributed by atoms with E-state index in [1.807, 2.05) is 11.9 Å². The molecule has 0 fully saturated rings. The van der Waals surface area contributed by atoms with Crippen LogP contribution < -0.4 is 5.32 Å². The number of hydrogen-bond donors (Lipinski definition) is 1. The summed E-state index contributed by atoms with van der Waals surface area (Å²) in [6.45, 7) is 11.4. The zero-order chi connectivity index (χ0) is 9.56. The molecule has 1 N–H and O–H groups in total. The average Bonchev–Trinajstić information content (AvgIpc) is 2.00. The van der Waals surface area contributed by atoms with Crippen molar-refractivity contribution in [2.45, 2.75) is 19.9 Å². The second-order valence-electron chi connectivity index (χ2n) is 2.80. The number of aliphatic imine (C=N–C) groups is 1. The van der Waals surface area contributed by atoms with Crippen LogP contribution in [-0.2, 0) is 0 Å². The maximum absolute atomic E-state index is 4.06. The highest BCUT2D eigenvalue weighted by atomic mass is 15.2. The lowest BCUT2D eigenvalue weighted by molar-refractivity contribution is 0.429. The number of nitrogens with zero attached hydrogens (tertiary/aromatic N) is 2. The van der Waals surface area contributed by atoms with E-state index < -0.39 is 0 Å². The Morgan fingerprint density at radius 1 is 1.58 bits per heavy atom. The second kappa shape index (κ2) is 5.41. The van der Waals surface area contributed by atoms with Crippen molar-refractivity contribution in [3.8, 4) is 0 Å². The van der Waals surface area contributed by atoms with Crippen molar-refractivity contribution >= 4 is 6.34 Å². The zero-order valence-electron chi connectivity index (χ0n) is 8.04. The van der Waals surface area contributed by atoms with Crippen molar-refractivity contribution in [1.29, 1.82) is 0 Å². The summed E-state index contributed by atoms with van der Waals surface area (Å²) < 4.78 is 0. The van der Waals surface area contributed by atoms with E-state index >= 15 is 0 Å². The molecule has 0 spiro atoms. The first-order valence-electron chi connectivity index (χ1n) is 3.90. The fraction of sp³-hybridized carbons (Fsp3) is 0.444. The van der Waals surface area contributed by atoms with E-state index in [1.54, 1.807) is 12.5 Å². The fourth-order valence-corrected chi connectivity index (χ4v) is 0.449. The van der Waals surface area contributed by atoms with Gasteiger partial charge in [-0.3, -0.25) is 0 Å². The van der Waals surface area contributed by atoms with Gasteiger partial charge in [-0.2, -0.15) is 0 Å². The van der Waals surface area contributed by atoms with E-state index in [-0.39, 0.29) is 0 Å². The molecule has 68 valence electrons. The lowest BCUT2D eigenvalue weighted by atomic mass is 10.4. The number of hydrogen-bond acceptors (Lipinski definition) is 2. The molecule has 0 amide bonds. The molecule has 3 heteroatoms. The van der Waals surface area contributed by atoms with Crippen LogP contribution >= 0.6 is 0 Å². The topological polar surface area (TPSA) is 27.6 Å². The Balaban J connectivity index is 3.88. The highest BCUT2D eigenvalue weighted by Gasteiger charge is 1.95. The molecule has 0 unspecified atom stereocenters. The second-order valence-corrected chi connectivity index (χ2v) is 2.80. The van der Waals surface area contributed by atoms with Crippen molar-refractivity contribution in [1.82, 2.24) is 10.2 Å². The van der Waals surface area contributed by atoms with Crippen LogP contribution in [0, 0.1) is 0 Å². The SMILES string of the molecule is C=CNC(=C)N=CN(C)C(C)C. The van der Waals surface area contributed by atoms with Gasteiger partial charge in [-0.25, -0.2) is 4.99 Å². The molecule has 0 saturated carbocycles. The highest BCUT2D eigenvalue weighted by molar-refractivity contribution is 5.56. The van der Waals surface area contributed by atoms with E-state index in [0.717, 1.165) is 0 Å². The first-order valence-corrected chi connectivity index (χ1v) is 3.90. The van der Waals surface area contributed by atoms with Gasteiger partial charge in [0.15, 0.2) is 0 Å². The predicted molar refractivity (Wildman–Crippen MR) is 53.9 cm³/mol. The normalized spacial score (nSPS) is 10.3. The van der Waals surface area contributed by atoms with Gasteiger partial charge in [-0.15, -0.1) is 0 Å². The number of nitrogens with one attached hydrogen (secondary N) is 1. The summed E-state index contributed by atoms with van der Waals surface area (Å²) in [4.78, 5) is 6.06. The first kappa shape index (κ1) is 10.8. The predicted octanol–water partition coefficient (Wildman–Crippen LogP) is 1.56. The quantitative estimate of drug-likeness (QED) is 0.497. The Kier molecular flexibility index (Phi) is 4.84. The van der Waals surface area contributed by atoms with Crippen molar-refractivity contribution < 1.29 is 0 Å². The van der Waals surface area contributed by atoms with Gasteiger partial charge in [-0.1, -0.05) is 13.2 Å². The molecule has 0 aliphatic rings. The molecule has 0 atom stereocenters. The van der Waals surface area contributed by atoms with Crippen molar-refractivity contribution in [3.05, 3.63) is 25.2 Å². The Bertz CT molecular complexity index is 182. The molecule has 0 aromatic heterocycles. The van der Waals surface area contributed by atoms with Crippen LogP contribution in [0.5, 0.6) is 0 Å². The van der Waals surface area contributed by atoms with Gasteiger partial charge in [0.1, 0.15) is 5.82 Å². The van der Waals surface area contributed by atoms with Gasteiger partial charge in [-0.05, 0) is 20.0 Å². The zero-order valence-corrected chi connectivity index (χ0v) is 8.04. The minimum absolute atomic E-state index is 0.449. The van der Waals surface area contributed by atoms with Crippen molar-refractivity contribution in [3.63, 3.8) is 0 Å². The number of rotatable bonds is 5. The summed E-state index contributed by atoms with van der Waals surface area (Å²) >= 11 is 0. The molecular weight excluding hydrogens is 150 g/mol. The summed E-state index contributed by atoms with van der Waals surface area (Å²) in [5.74, 6) is 0.595. The molecule has 0 aliphatic heterocycles. The summed E-state index contributed by atoms with van der Waals surface area (Å²) in [6, 6.07) is 0.449. The van der Waals surface area contributed by atoms with Crippen LogP contribution in [-0.4, -0.2) is 24.3 Å². The molecule has 0 saturated heterocycles. The van der Waals surface area contributed by atoms with E-state index in [2.05, 4.69) is 37.3 Å². The monoisotopic (exact) mass is 167 g/mol. The maximum atomic E-state index is 4.06. The summed E-state index contributed by atoms with van der Waals surface area (Å²) in [5.41, 5.74) is 0. The largest absolute Gasteiger partial charge is 0.363 e. The van der Waals surface area contributed by atoms with Gasteiger partial charge in [0.2, 0.25) is 0 Å². The standard InChI is InChI=1S/C9H17N3/c1-6-10-9(4)11-7-12(5)8(2)3/h6-8,10H,1,4H2,2-3,5H3. The summed E-state index contributed by atoms with van der Waals surface area (Å²) in [5, 5.41) is 2.78. The smallest absolute Gasteiger partial charge is 0.124 e. The fourth-order valence-electron chi connectivity index (χ4n) is 0.449. The van der Waals surface area contributed by atoms with Crippen LogP contribution in [0.25, 0.3) is 0 Å². The van der Waals surface area contributed by atoms with E-state index in [4.69, 9.17) is 0 Å². The Hall–Kier alpha value is -1.25. The van der Waals surface area contributed by atoms with Gasteiger partial charge < -0.3 is 10.2 Å². The van der Waals surface area contributed by atoms with Crippen molar-refractivity contribution in [2.75, 3.05) is 7.05 Å². The van der Waals surface area contributed by atoms with E-state index in [9.17, 15) is 0 Å². The van der Waals surface area contributed by atoms with E-state index in [0.29, 0.717) is 11.9 Å². The minimum atomic E-state index is 0.449. The Labute approximate surface area is 74.5 Å². The highest BCUT2D eigenvalue weighted by Crippen LogP contribution is 1.91. The molecule has 0 rings (SSSR count). The molecule has 12 heavy (non-hydrogen) atoms. The van der Waals surface area contributed by atoms with Crippen LogP contribution in [0.15, 0.2) is 30.2 Å². The molecule has 0 bridgehead atoms. The minimum Gasteiger partial charge on any atom is -0.363 e. The van der Waals surface area contributed by atoms with Crippen molar-refractivity contribution in [2.24, 2.45) is 4.99 Å². The third-order valence-corrected chi connectivity index (χ3v) is 1.48. The molecule has 0 radical (unpaired) electrons. The molecule has 0 aromatic rings. The molecule has 3 nitrogen and oxygen atoms in total. The molecule has 0 heterocycles. The lowest BCUT2D eigenvalue weighted by Gasteiger charge is -2.17. The summed E-state index contributed by atoms with van der Waals surface area (Å²) in [6.07, 6.45) is 3.29. The van der Waals surface area contributed by atoms with Gasteiger partial charge in [0, 0.05) is 13.1 Å². The van der Waals surface area contributed by atoms with Crippen LogP contribution in [0.1, 0.15) is 13.8 Å². The maximum Gasteiger partial charge on any atom is 0.124 e. The molecular formula is C9H17N3. The van der Waals surface area contributed by atoms with Gasteiger partial charge in [0.25, 0.3) is 0 Å². The van der Waals surface area contributed by atoms with Gasteiger partial charge in [0.05, 0.1) is 6.34 Å². The van der Waals surface area contributed by atoms with Gasteiger partial charge >= 0.3 is 0 Å². The van der Waals surface area contributed by atoms with Crippen LogP contribution in [0.3, 0.4) is 0 Å². The molecule has 0 aliphatic carbocycles. The third-order valence-electron chi connectivity index (χ3n) is 1.48. The van der Waals surface area contributed by atoms with Crippen LogP contribution in [0.2, 0.25) is 0 Å². The Morgan fingerprint density at radius 2 is 2.17 bits per heavy atom. The Morgan fingerprint density at radius 3 is 2.58 bits per heavy atom. The average molecular weight is 167 g/mol. The summed E-state index contributed by atoms with van der Waals surface area (Å²) in [7, 11) is 1.97. The first-order chi connectivity index (χ1) is 5.57. The third kappa shape index (κ3) is 4.55. The lowest BCUT2D eigenvalue weighted by Crippen LogP contribution is -2.24. The molecule has 0 aromatic carbocycles. The van der Waals surface area contributed by atoms with Crippen LogP contribution in [0.4, 0.5) is 0 Å². The van der Waals surface area contributed by atoms with E-state index in [1.165, 1.54) is 0 Å².